The van der Waals surface area contributed by atoms with Crippen molar-refractivity contribution < 1.29 is 14.3 Å². The second-order valence-electron chi connectivity index (χ2n) is 4.13. The van der Waals surface area contributed by atoms with Crippen LogP contribution in [0.1, 0.15) is 17.4 Å². The summed E-state index contributed by atoms with van der Waals surface area (Å²) in [5, 5.41) is 0.619. The Labute approximate surface area is 121 Å². The zero-order chi connectivity index (χ0) is 13.8. The number of esters is 1. The van der Waals surface area contributed by atoms with Gasteiger partial charge in [-0.25, -0.2) is 0 Å². The molecule has 0 aliphatic carbocycles. The lowest BCUT2D eigenvalue weighted by Gasteiger charge is -2.23. The molecule has 1 aromatic rings. The molecule has 1 fully saturated rings. The largest absolute Gasteiger partial charge is 0.469 e. The molecule has 0 radical (unpaired) electrons. The summed E-state index contributed by atoms with van der Waals surface area (Å²) in [7, 11) is 1.35. The van der Waals surface area contributed by atoms with E-state index in [-0.39, 0.29) is 23.7 Å². The number of carbonyl (C=O) groups excluding carboxylic acids is 2. The third-order valence-electron chi connectivity index (χ3n) is 2.91. The van der Waals surface area contributed by atoms with E-state index in [2.05, 4.69) is 4.74 Å². The molecule has 1 unspecified atom stereocenters. The van der Waals surface area contributed by atoms with E-state index < -0.39 is 0 Å². The number of amides is 1. The van der Waals surface area contributed by atoms with Crippen molar-refractivity contribution >= 4 is 35.2 Å². The van der Waals surface area contributed by atoms with Gasteiger partial charge in [0.1, 0.15) is 5.37 Å². The maximum absolute atomic E-state index is 11.9. The Bertz CT molecular complexity index is 477. The fourth-order valence-electron chi connectivity index (χ4n) is 1.91. The number of hydrogen-bond donors (Lipinski definition) is 0. The Morgan fingerprint density at radius 2 is 2.16 bits per heavy atom. The van der Waals surface area contributed by atoms with Crippen molar-refractivity contribution in [2.75, 3.05) is 19.4 Å². The standard InChI is InChI=1S/C13H14ClNO3S/c1-18-12(17)6-7-15-11(16)8-19-13(15)9-2-4-10(14)5-3-9/h2-5,13H,6-8H2,1H3. The van der Waals surface area contributed by atoms with Gasteiger partial charge in [-0.1, -0.05) is 23.7 Å². The highest BCUT2D eigenvalue weighted by Gasteiger charge is 2.32. The molecule has 2 rings (SSSR count). The Morgan fingerprint density at radius 1 is 1.47 bits per heavy atom. The van der Waals surface area contributed by atoms with Gasteiger partial charge in [-0.15, -0.1) is 11.8 Å². The van der Waals surface area contributed by atoms with Crippen molar-refractivity contribution in [2.45, 2.75) is 11.8 Å². The molecule has 19 heavy (non-hydrogen) atoms. The number of halogens is 1. The molecule has 1 aromatic carbocycles. The van der Waals surface area contributed by atoms with Gasteiger partial charge in [0, 0.05) is 11.6 Å². The minimum absolute atomic E-state index is 0.0468. The van der Waals surface area contributed by atoms with E-state index in [1.807, 2.05) is 12.1 Å². The molecule has 1 amide bonds. The summed E-state index contributed by atoms with van der Waals surface area (Å²) in [6.45, 7) is 0.381. The number of ether oxygens (including phenoxy) is 1. The van der Waals surface area contributed by atoms with Crippen molar-refractivity contribution in [1.29, 1.82) is 0 Å². The van der Waals surface area contributed by atoms with Gasteiger partial charge in [0.2, 0.25) is 5.91 Å². The van der Waals surface area contributed by atoms with Gasteiger partial charge in [-0.05, 0) is 17.7 Å². The quantitative estimate of drug-likeness (QED) is 0.801. The van der Waals surface area contributed by atoms with E-state index in [9.17, 15) is 9.59 Å². The second-order valence-corrected chi connectivity index (χ2v) is 5.63. The number of thioether (sulfide) groups is 1. The lowest BCUT2D eigenvalue weighted by Crippen LogP contribution is -2.30. The Morgan fingerprint density at radius 3 is 2.79 bits per heavy atom. The normalized spacial score (nSPS) is 18.7. The molecule has 1 aliphatic rings. The first kappa shape index (κ1) is 14.2. The second kappa shape index (κ2) is 6.30. The van der Waals surface area contributed by atoms with E-state index in [1.54, 1.807) is 28.8 Å². The summed E-state index contributed by atoms with van der Waals surface area (Å²) in [5.74, 6) is 0.183. The summed E-state index contributed by atoms with van der Waals surface area (Å²) in [6.07, 6.45) is 0.215. The van der Waals surface area contributed by atoms with Crippen LogP contribution in [0.4, 0.5) is 0 Å². The van der Waals surface area contributed by atoms with Gasteiger partial charge in [-0.3, -0.25) is 9.59 Å². The first-order valence-corrected chi connectivity index (χ1v) is 7.28. The van der Waals surface area contributed by atoms with E-state index >= 15 is 0 Å². The van der Waals surface area contributed by atoms with Crippen molar-refractivity contribution in [2.24, 2.45) is 0 Å². The highest BCUT2D eigenvalue weighted by molar-refractivity contribution is 8.00. The molecule has 102 valence electrons. The SMILES string of the molecule is COC(=O)CCN1C(=O)CSC1c1ccc(Cl)cc1. The van der Waals surface area contributed by atoms with Crippen LogP contribution >= 0.6 is 23.4 Å². The molecule has 0 aromatic heterocycles. The first-order chi connectivity index (χ1) is 9.11. The van der Waals surface area contributed by atoms with Gasteiger partial charge in [-0.2, -0.15) is 0 Å². The molecular weight excluding hydrogens is 286 g/mol. The van der Waals surface area contributed by atoms with Crippen molar-refractivity contribution in [3.63, 3.8) is 0 Å². The van der Waals surface area contributed by atoms with Crippen LogP contribution in [0.5, 0.6) is 0 Å². The molecule has 0 spiro atoms. The molecule has 4 nitrogen and oxygen atoms in total. The fraction of sp³-hybridized carbons (Fsp3) is 0.385. The maximum atomic E-state index is 11.9. The average molecular weight is 300 g/mol. The predicted octanol–water partition coefficient (Wildman–Crippen LogP) is 2.48. The summed E-state index contributed by atoms with van der Waals surface area (Å²) < 4.78 is 4.60. The minimum Gasteiger partial charge on any atom is -0.469 e. The van der Waals surface area contributed by atoms with Crippen molar-refractivity contribution in [3.05, 3.63) is 34.9 Å². The van der Waals surface area contributed by atoms with Crippen molar-refractivity contribution in [3.8, 4) is 0 Å². The molecule has 1 heterocycles. The Hall–Kier alpha value is -1.20. The maximum Gasteiger partial charge on any atom is 0.307 e. The van der Waals surface area contributed by atoms with Gasteiger partial charge in [0.15, 0.2) is 0 Å². The molecule has 1 saturated heterocycles. The summed E-state index contributed by atoms with van der Waals surface area (Å²) in [6, 6.07) is 7.42. The molecule has 1 atom stereocenters. The molecule has 6 heteroatoms. The Kier molecular flexibility index (Phi) is 4.71. The van der Waals surface area contributed by atoms with Crippen LogP contribution in [-0.4, -0.2) is 36.2 Å². The van der Waals surface area contributed by atoms with E-state index in [1.165, 1.54) is 7.11 Å². The van der Waals surface area contributed by atoms with Crippen LogP contribution in [-0.2, 0) is 14.3 Å². The Balaban J connectivity index is 2.08. The van der Waals surface area contributed by atoms with Crippen LogP contribution in [0.3, 0.4) is 0 Å². The average Bonchev–Trinajstić information content (AvgIpc) is 2.78. The van der Waals surface area contributed by atoms with Crippen LogP contribution in [0.15, 0.2) is 24.3 Å². The number of benzene rings is 1. The zero-order valence-corrected chi connectivity index (χ0v) is 12.0. The van der Waals surface area contributed by atoms with Crippen molar-refractivity contribution in [1.82, 2.24) is 4.90 Å². The van der Waals surface area contributed by atoms with Gasteiger partial charge < -0.3 is 9.64 Å². The van der Waals surface area contributed by atoms with E-state index in [4.69, 9.17) is 11.6 Å². The molecule has 0 saturated carbocycles. The van der Waals surface area contributed by atoms with Gasteiger partial charge in [0.25, 0.3) is 0 Å². The van der Waals surface area contributed by atoms with Gasteiger partial charge in [0.05, 0.1) is 19.3 Å². The lowest BCUT2D eigenvalue weighted by atomic mass is 10.2. The van der Waals surface area contributed by atoms with Crippen LogP contribution in [0.2, 0.25) is 5.02 Å². The van der Waals surface area contributed by atoms with Crippen LogP contribution in [0.25, 0.3) is 0 Å². The summed E-state index contributed by atoms with van der Waals surface area (Å²) in [4.78, 5) is 24.7. The third kappa shape index (κ3) is 3.42. The molecule has 1 aliphatic heterocycles. The lowest BCUT2D eigenvalue weighted by molar-refractivity contribution is -0.141. The smallest absolute Gasteiger partial charge is 0.307 e. The topological polar surface area (TPSA) is 46.6 Å². The molecule has 0 N–H and O–H groups in total. The molecular formula is C13H14ClNO3S. The number of hydrogen-bond acceptors (Lipinski definition) is 4. The summed E-state index contributed by atoms with van der Waals surface area (Å²) in [5.41, 5.74) is 1.02. The number of rotatable bonds is 4. The highest BCUT2D eigenvalue weighted by Crippen LogP contribution is 2.38. The van der Waals surface area contributed by atoms with Crippen LogP contribution < -0.4 is 0 Å². The minimum atomic E-state index is -0.306. The first-order valence-electron chi connectivity index (χ1n) is 5.85. The van der Waals surface area contributed by atoms with Gasteiger partial charge >= 0.3 is 5.97 Å². The number of carbonyl (C=O) groups is 2. The number of nitrogens with zero attached hydrogens (tertiary/aromatic N) is 1. The monoisotopic (exact) mass is 299 g/mol. The number of methoxy groups -OCH3 is 1. The fourth-order valence-corrected chi connectivity index (χ4v) is 3.26. The van der Waals surface area contributed by atoms with E-state index in [0.29, 0.717) is 17.3 Å². The van der Waals surface area contributed by atoms with Crippen LogP contribution in [0, 0.1) is 0 Å². The zero-order valence-electron chi connectivity index (χ0n) is 10.5. The third-order valence-corrected chi connectivity index (χ3v) is 4.42. The highest BCUT2D eigenvalue weighted by atomic mass is 35.5. The summed E-state index contributed by atoms with van der Waals surface area (Å²) >= 11 is 7.41. The molecule has 0 bridgehead atoms. The van der Waals surface area contributed by atoms with E-state index in [0.717, 1.165) is 5.56 Å². The predicted molar refractivity (Wildman–Crippen MR) is 75.0 cm³/mol.